The van der Waals surface area contributed by atoms with E-state index in [0.717, 1.165) is 84.7 Å². The summed E-state index contributed by atoms with van der Waals surface area (Å²) in [6.07, 6.45) is 6.53. The van der Waals surface area contributed by atoms with Gasteiger partial charge in [-0.3, -0.25) is 9.59 Å². The SMILES string of the molecule is CNc1nc(C2CCCN2C(=O)c2c(C)oc3c2CCCC3)nc2c1CCN(C(C)=O)C2. The van der Waals surface area contributed by atoms with Gasteiger partial charge in [-0.15, -0.1) is 0 Å². The van der Waals surface area contributed by atoms with E-state index in [1.54, 1.807) is 6.92 Å². The maximum atomic E-state index is 13.7. The predicted molar refractivity (Wildman–Crippen MR) is 119 cm³/mol. The highest BCUT2D eigenvalue weighted by Gasteiger charge is 2.37. The third-order valence-corrected chi connectivity index (χ3v) is 7.14. The average molecular weight is 438 g/mol. The standard InChI is InChI=1S/C24H31N5O3/c1-14-21(17-7-4-5-9-20(17)32-14)24(31)29-11-6-8-19(29)23-26-18-13-28(15(2)30)12-10-16(18)22(25-3)27-23/h19H,4-13H2,1-3H3,(H,25,26,27). The molecule has 2 amide bonds. The molecular weight excluding hydrogens is 406 g/mol. The van der Waals surface area contributed by atoms with Crippen LogP contribution in [-0.4, -0.2) is 51.7 Å². The van der Waals surface area contributed by atoms with Gasteiger partial charge in [-0.1, -0.05) is 0 Å². The monoisotopic (exact) mass is 437 g/mol. The molecule has 5 rings (SSSR count). The molecule has 0 bridgehead atoms. The molecular formula is C24H31N5O3. The molecule has 1 fully saturated rings. The molecule has 8 heteroatoms. The summed E-state index contributed by atoms with van der Waals surface area (Å²) < 4.78 is 5.98. The molecule has 2 aliphatic heterocycles. The van der Waals surface area contributed by atoms with E-state index in [9.17, 15) is 9.59 Å². The van der Waals surface area contributed by atoms with E-state index in [1.165, 1.54) is 0 Å². The molecule has 3 aliphatic rings. The molecule has 0 aromatic carbocycles. The number of fused-ring (bicyclic) bond motifs is 2. The number of aryl methyl sites for hydroxylation is 2. The first-order valence-electron chi connectivity index (χ1n) is 11.7. The van der Waals surface area contributed by atoms with Gasteiger partial charge in [0.1, 0.15) is 17.3 Å². The van der Waals surface area contributed by atoms with Crippen LogP contribution >= 0.6 is 0 Å². The fraction of sp³-hybridized carbons (Fsp3) is 0.583. The maximum absolute atomic E-state index is 13.7. The molecule has 8 nitrogen and oxygen atoms in total. The van der Waals surface area contributed by atoms with Crippen LogP contribution in [0.2, 0.25) is 0 Å². The molecule has 1 aliphatic carbocycles. The number of carbonyl (C=O) groups is 2. The number of carbonyl (C=O) groups excluding carboxylic acids is 2. The Balaban J connectivity index is 1.49. The lowest BCUT2D eigenvalue weighted by molar-refractivity contribution is -0.129. The number of nitrogens with one attached hydrogen (secondary N) is 1. The van der Waals surface area contributed by atoms with Crippen LogP contribution in [0.5, 0.6) is 0 Å². The summed E-state index contributed by atoms with van der Waals surface area (Å²) in [6, 6.07) is -0.166. The Bertz CT molecular complexity index is 1080. The van der Waals surface area contributed by atoms with Crippen LogP contribution in [0, 0.1) is 6.92 Å². The maximum Gasteiger partial charge on any atom is 0.258 e. The van der Waals surface area contributed by atoms with Gasteiger partial charge in [0.15, 0.2) is 5.82 Å². The normalized spacial score (nSPS) is 20.2. The summed E-state index contributed by atoms with van der Waals surface area (Å²) in [6.45, 7) is 5.36. The minimum absolute atomic E-state index is 0.0367. The number of hydrogen-bond acceptors (Lipinski definition) is 6. The second-order valence-corrected chi connectivity index (χ2v) is 9.09. The summed E-state index contributed by atoms with van der Waals surface area (Å²) in [5.41, 5.74) is 3.81. The zero-order valence-corrected chi connectivity index (χ0v) is 19.2. The second kappa shape index (κ2) is 8.22. The number of hydrogen-bond donors (Lipinski definition) is 1. The van der Waals surface area contributed by atoms with E-state index in [1.807, 2.05) is 23.8 Å². The first-order valence-corrected chi connectivity index (χ1v) is 11.7. The molecule has 4 heterocycles. The van der Waals surface area contributed by atoms with E-state index in [-0.39, 0.29) is 17.9 Å². The van der Waals surface area contributed by atoms with Gasteiger partial charge < -0.3 is 19.5 Å². The average Bonchev–Trinajstić information content (AvgIpc) is 3.41. The molecule has 2 aromatic heterocycles. The number of amides is 2. The van der Waals surface area contributed by atoms with Crippen molar-refractivity contribution in [2.45, 2.75) is 71.4 Å². The number of aromatic nitrogens is 2. The lowest BCUT2D eigenvalue weighted by Gasteiger charge is -2.30. The lowest BCUT2D eigenvalue weighted by atomic mass is 9.94. The Labute approximate surface area is 188 Å². The first-order chi connectivity index (χ1) is 15.5. The van der Waals surface area contributed by atoms with Crippen LogP contribution < -0.4 is 5.32 Å². The van der Waals surface area contributed by atoms with Crippen molar-refractivity contribution in [3.8, 4) is 0 Å². The number of nitrogens with zero attached hydrogens (tertiary/aromatic N) is 4. The van der Waals surface area contributed by atoms with Crippen LogP contribution in [0.1, 0.15) is 83.2 Å². The van der Waals surface area contributed by atoms with E-state index >= 15 is 0 Å². The minimum Gasteiger partial charge on any atom is -0.465 e. The van der Waals surface area contributed by atoms with E-state index < -0.39 is 0 Å². The molecule has 2 aromatic rings. The molecule has 32 heavy (non-hydrogen) atoms. The lowest BCUT2D eigenvalue weighted by Crippen LogP contribution is -2.36. The molecule has 0 radical (unpaired) electrons. The third-order valence-electron chi connectivity index (χ3n) is 7.14. The van der Waals surface area contributed by atoms with Crippen LogP contribution in [0.3, 0.4) is 0 Å². The van der Waals surface area contributed by atoms with Gasteiger partial charge in [0, 0.05) is 44.6 Å². The summed E-state index contributed by atoms with van der Waals surface area (Å²) in [4.78, 5) is 39.1. The molecule has 1 atom stereocenters. The smallest absolute Gasteiger partial charge is 0.258 e. The molecule has 0 saturated carbocycles. The van der Waals surface area contributed by atoms with E-state index in [4.69, 9.17) is 14.4 Å². The third kappa shape index (κ3) is 3.45. The predicted octanol–water partition coefficient (Wildman–Crippen LogP) is 3.18. The number of furan rings is 1. The van der Waals surface area contributed by atoms with Gasteiger partial charge in [-0.05, 0) is 45.4 Å². The molecule has 1 unspecified atom stereocenters. The van der Waals surface area contributed by atoms with Crippen molar-refractivity contribution in [3.05, 3.63) is 39.7 Å². The second-order valence-electron chi connectivity index (χ2n) is 9.09. The van der Waals surface area contributed by atoms with Crippen LogP contribution in [0.25, 0.3) is 0 Å². The number of anilines is 1. The van der Waals surface area contributed by atoms with Crippen molar-refractivity contribution in [2.24, 2.45) is 0 Å². The van der Waals surface area contributed by atoms with Crippen molar-refractivity contribution in [1.29, 1.82) is 0 Å². The Morgan fingerprint density at radius 2 is 1.88 bits per heavy atom. The van der Waals surface area contributed by atoms with Crippen molar-refractivity contribution in [2.75, 3.05) is 25.5 Å². The summed E-state index contributed by atoms with van der Waals surface area (Å²) in [5, 5.41) is 3.21. The summed E-state index contributed by atoms with van der Waals surface area (Å²) in [5.74, 6) is 3.28. The van der Waals surface area contributed by atoms with Gasteiger partial charge in [0.25, 0.3) is 5.91 Å². The van der Waals surface area contributed by atoms with Gasteiger partial charge in [0.2, 0.25) is 5.91 Å². The highest BCUT2D eigenvalue weighted by atomic mass is 16.3. The number of rotatable bonds is 3. The Morgan fingerprint density at radius 3 is 2.66 bits per heavy atom. The topological polar surface area (TPSA) is 91.6 Å². The van der Waals surface area contributed by atoms with Gasteiger partial charge in [0.05, 0.1) is 23.8 Å². The highest BCUT2D eigenvalue weighted by molar-refractivity contribution is 5.97. The van der Waals surface area contributed by atoms with Gasteiger partial charge >= 0.3 is 0 Å². The van der Waals surface area contributed by atoms with Crippen molar-refractivity contribution in [3.63, 3.8) is 0 Å². The Hall–Kier alpha value is -2.90. The van der Waals surface area contributed by atoms with E-state index in [2.05, 4.69) is 5.32 Å². The molecule has 170 valence electrons. The van der Waals surface area contributed by atoms with Crippen molar-refractivity contribution in [1.82, 2.24) is 19.8 Å². The van der Waals surface area contributed by atoms with Crippen molar-refractivity contribution < 1.29 is 14.0 Å². The summed E-state index contributed by atoms with van der Waals surface area (Å²) in [7, 11) is 1.86. The molecule has 1 saturated heterocycles. The van der Waals surface area contributed by atoms with Crippen LogP contribution in [0.15, 0.2) is 4.42 Å². The zero-order chi connectivity index (χ0) is 22.4. The molecule has 1 N–H and O–H groups in total. The summed E-state index contributed by atoms with van der Waals surface area (Å²) >= 11 is 0. The minimum atomic E-state index is -0.166. The fourth-order valence-electron chi connectivity index (χ4n) is 5.48. The molecule has 0 spiro atoms. The quantitative estimate of drug-likeness (QED) is 0.793. The zero-order valence-electron chi connectivity index (χ0n) is 19.2. The van der Waals surface area contributed by atoms with Gasteiger partial charge in [-0.2, -0.15) is 0 Å². The Morgan fingerprint density at radius 1 is 1.06 bits per heavy atom. The largest absolute Gasteiger partial charge is 0.465 e. The van der Waals surface area contributed by atoms with Crippen LogP contribution in [-0.2, 0) is 30.6 Å². The Kier molecular flexibility index (Phi) is 5.39. The van der Waals surface area contributed by atoms with E-state index in [0.29, 0.717) is 25.5 Å². The highest BCUT2D eigenvalue weighted by Crippen LogP contribution is 2.37. The first kappa shape index (κ1) is 21.0. The van der Waals surface area contributed by atoms with Gasteiger partial charge in [-0.25, -0.2) is 9.97 Å². The van der Waals surface area contributed by atoms with Crippen molar-refractivity contribution >= 4 is 17.6 Å². The van der Waals surface area contributed by atoms with Crippen LogP contribution in [0.4, 0.5) is 5.82 Å². The number of likely N-dealkylation sites (tertiary alicyclic amines) is 1. The fourth-order valence-corrected chi connectivity index (χ4v) is 5.48.